The van der Waals surface area contributed by atoms with E-state index in [9.17, 15) is 14.0 Å². The van der Waals surface area contributed by atoms with Crippen molar-refractivity contribution >= 4 is 43.6 Å². The van der Waals surface area contributed by atoms with E-state index in [2.05, 4.69) is 15.9 Å². The minimum Gasteiger partial charge on any atom is -0.457 e. The third-order valence-electron chi connectivity index (χ3n) is 4.22. The highest BCUT2D eigenvalue weighted by Crippen LogP contribution is 2.28. The van der Waals surface area contributed by atoms with E-state index in [0.29, 0.717) is 21.0 Å². The van der Waals surface area contributed by atoms with Crippen LogP contribution in [0.25, 0.3) is 21.7 Å². The highest BCUT2D eigenvalue weighted by atomic mass is 79.9. The lowest BCUT2D eigenvalue weighted by atomic mass is 10.0. The second-order valence-electron chi connectivity index (χ2n) is 5.95. The molecule has 134 valence electrons. The first-order valence-electron chi connectivity index (χ1n) is 8.09. The quantitative estimate of drug-likeness (QED) is 0.256. The molecule has 0 amide bonds. The number of fused-ring (bicyclic) bond motifs is 3. The highest BCUT2D eigenvalue weighted by Gasteiger charge is 2.16. The van der Waals surface area contributed by atoms with Gasteiger partial charge in [-0.1, -0.05) is 46.3 Å². The summed E-state index contributed by atoms with van der Waals surface area (Å²) in [5, 5.41) is 2.53. The van der Waals surface area contributed by atoms with Crippen LogP contribution in [-0.4, -0.2) is 5.97 Å². The Labute approximate surface area is 161 Å². The lowest BCUT2D eigenvalue weighted by Crippen LogP contribution is -2.09. The monoisotopic (exact) mass is 426 g/mol. The van der Waals surface area contributed by atoms with Gasteiger partial charge in [-0.05, 0) is 35.0 Å². The number of carbonyl (C=O) groups is 1. The summed E-state index contributed by atoms with van der Waals surface area (Å²) in [6, 6.07) is 16.6. The topological polar surface area (TPSA) is 56.5 Å². The fourth-order valence-corrected chi connectivity index (χ4v) is 3.34. The average Bonchev–Trinajstić information content (AvgIpc) is 2.65. The van der Waals surface area contributed by atoms with Gasteiger partial charge >= 0.3 is 11.6 Å². The van der Waals surface area contributed by atoms with Crippen molar-refractivity contribution in [3.05, 3.63) is 92.5 Å². The lowest BCUT2D eigenvalue weighted by molar-refractivity contribution is 0.0468. The van der Waals surface area contributed by atoms with Gasteiger partial charge in [0.05, 0.1) is 5.56 Å². The molecular weight excluding hydrogens is 415 g/mol. The molecule has 0 saturated carbocycles. The van der Waals surface area contributed by atoms with Gasteiger partial charge in [0.2, 0.25) is 0 Å². The molecule has 27 heavy (non-hydrogen) atoms. The lowest BCUT2D eigenvalue weighted by Gasteiger charge is -2.10. The maximum atomic E-state index is 14.0. The van der Waals surface area contributed by atoms with Gasteiger partial charge in [0.15, 0.2) is 0 Å². The smallest absolute Gasteiger partial charge is 0.341 e. The molecule has 0 aliphatic rings. The SMILES string of the molecule is O=C(OCc1cc(=O)oc2ccc3ccccc3c12)c1ccc(Br)cc1F. The van der Waals surface area contributed by atoms with E-state index in [1.165, 1.54) is 18.2 Å². The predicted molar refractivity (Wildman–Crippen MR) is 103 cm³/mol. The van der Waals surface area contributed by atoms with Crippen LogP contribution in [-0.2, 0) is 11.3 Å². The van der Waals surface area contributed by atoms with E-state index < -0.39 is 17.4 Å². The molecule has 0 bridgehead atoms. The molecule has 1 heterocycles. The predicted octanol–water partition coefficient (Wildman–Crippen LogP) is 5.20. The fourth-order valence-electron chi connectivity index (χ4n) is 3.01. The summed E-state index contributed by atoms with van der Waals surface area (Å²) >= 11 is 3.14. The standard InChI is InChI=1S/C21H12BrFO4/c22-14-6-7-16(17(23)10-14)21(25)26-11-13-9-19(24)27-18-8-5-12-3-1-2-4-15(12)20(13)18/h1-10H,11H2. The third-order valence-corrected chi connectivity index (χ3v) is 4.72. The van der Waals surface area contributed by atoms with Crippen LogP contribution in [0, 0.1) is 5.82 Å². The van der Waals surface area contributed by atoms with E-state index in [1.807, 2.05) is 30.3 Å². The van der Waals surface area contributed by atoms with E-state index in [1.54, 1.807) is 12.1 Å². The molecule has 3 aromatic carbocycles. The highest BCUT2D eigenvalue weighted by molar-refractivity contribution is 9.10. The summed E-state index contributed by atoms with van der Waals surface area (Å²) < 4.78 is 25.0. The number of carbonyl (C=O) groups excluding carboxylic acids is 1. The van der Waals surface area contributed by atoms with Crippen molar-refractivity contribution in [1.29, 1.82) is 0 Å². The second-order valence-corrected chi connectivity index (χ2v) is 6.87. The molecule has 1 aromatic heterocycles. The Morgan fingerprint density at radius 1 is 1.07 bits per heavy atom. The maximum absolute atomic E-state index is 14.0. The Hall–Kier alpha value is -2.99. The van der Waals surface area contributed by atoms with Gasteiger partial charge in [-0.3, -0.25) is 0 Å². The Kier molecular flexibility index (Phi) is 4.49. The van der Waals surface area contributed by atoms with Gasteiger partial charge in [-0.2, -0.15) is 0 Å². The largest absolute Gasteiger partial charge is 0.457 e. The van der Waals surface area contributed by atoms with Crippen LogP contribution in [0.2, 0.25) is 0 Å². The molecule has 4 nitrogen and oxygen atoms in total. The Balaban J connectivity index is 1.74. The zero-order valence-electron chi connectivity index (χ0n) is 13.9. The second kappa shape index (κ2) is 6.96. The molecule has 0 N–H and O–H groups in total. The molecule has 0 spiro atoms. The molecule has 0 fully saturated rings. The van der Waals surface area contributed by atoms with Crippen LogP contribution in [0.15, 0.2) is 74.3 Å². The number of hydrogen-bond donors (Lipinski definition) is 0. The summed E-state index contributed by atoms with van der Waals surface area (Å²) in [5.41, 5.74) is 0.194. The van der Waals surface area contributed by atoms with Crippen molar-refractivity contribution in [2.75, 3.05) is 0 Å². The van der Waals surface area contributed by atoms with E-state index >= 15 is 0 Å². The van der Waals surface area contributed by atoms with Crippen molar-refractivity contribution in [1.82, 2.24) is 0 Å². The minimum atomic E-state index is -0.804. The Bertz CT molecular complexity index is 1250. The summed E-state index contributed by atoms with van der Waals surface area (Å²) in [6.45, 7) is -0.176. The Morgan fingerprint density at radius 2 is 1.89 bits per heavy atom. The van der Waals surface area contributed by atoms with Crippen LogP contribution in [0.4, 0.5) is 4.39 Å². The molecule has 0 saturated heterocycles. The normalized spacial score (nSPS) is 11.0. The first-order chi connectivity index (χ1) is 13.0. The van der Waals surface area contributed by atoms with Crippen LogP contribution < -0.4 is 5.63 Å². The van der Waals surface area contributed by atoms with Gasteiger partial charge in [0.1, 0.15) is 18.0 Å². The van der Waals surface area contributed by atoms with E-state index in [-0.39, 0.29) is 12.2 Å². The summed E-state index contributed by atoms with van der Waals surface area (Å²) in [4.78, 5) is 24.1. The molecule has 4 rings (SSSR count). The molecule has 0 unspecified atom stereocenters. The zero-order chi connectivity index (χ0) is 19.0. The number of rotatable bonds is 3. The molecule has 0 atom stereocenters. The van der Waals surface area contributed by atoms with Gasteiger partial charge in [0.25, 0.3) is 0 Å². The average molecular weight is 427 g/mol. The number of halogens is 2. The van der Waals surface area contributed by atoms with E-state index in [4.69, 9.17) is 9.15 Å². The van der Waals surface area contributed by atoms with Crippen molar-refractivity contribution < 1.29 is 18.3 Å². The molecular formula is C21H12BrFO4. The number of ether oxygens (including phenoxy) is 1. The molecule has 0 aliphatic carbocycles. The minimum absolute atomic E-state index is 0.171. The molecule has 4 aromatic rings. The van der Waals surface area contributed by atoms with Gasteiger partial charge in [-0.25, -0.2) is 14.0 Å². The van der Waals surface area contributed by atoms with Crippen molar-refractivity contribution in [3.8, 4) is 0 Å². The van der Waals surface area contributed by atoms with Gasteiger partial charge in [0, 0.05) is 21.5 Å². The third kappa shape index (κ3) is 3.36. The summed E-state index contributed by atoms with van der Waals surface area (Å²) in [7, 11) is 0. The molecule has 6 heteroatoms. The fraction of sp³-hybridized carbons (Fsp3) is 0.0476. The maximum Gasteiger partial charge on any atom is 0.341 e. The van der Waals surface area contributed by atoms with Crippen LogP contribution in [0.1, 0.15) is 15.9 Å². The Morgan fingerprint density at radius 3 is 2.70 bits per heavy atom. The number of benzene rings is 3. The first-order valence-corrected chi connectivity index (χ1v) is 8.89. The zero-order valence-corrected chi connectivity index (χ0v) is 15.5. The van der Waals surface area contributed by atoms with Crippen LogP contribution in [0.5, 0.6) is 0 Å². The first kappa shape index (κ1) is 17.4. The van der Waals surface area contributed by atoms with Gasteiger partial charge in [-0.15, -0.1) is 0 Å². The van der Waals surface area contributed by atoms with Crippen molar-refractivity contribution in [2.45, 2.75) is 6.61 Å². The number of esters is 1. The summed E-state index contributed by atoms with van der Waals surface area (Å²) in [6.07, 6.45) is 0. The van der Waals surface area contributed by atoms with Crippen LogP contribution >= 0.6 is 15.9 Å². The van der Waals surface area contributed by atoms with Gasteiger partial charge < -0.3 is 9.15 Å². The number of hydrogen-bond acceptors (Lipinski definition) is 4. The molecule has 0 aliphatic heterocycles. The van der Waals surface area contributed by atoms with Crippen molar-refractivity contribution in [3.63, 3.8) is 0 Å². The summed E-state index contributed by atoms with van der Waals surface area (Å²) in [5.74, 6) is -1.49. The van der Waals surface area contributed by atoms with Crippen molar-refractivity contribution in [2.24, 2.45) is 0 Å². The van der Waals surface area contributed by atoms with Crippen LogP contribution in [0.3, 0.4) is 0 Å². The molecule has 0 radical (unpaired) electrons. The van der Waals surface area contributed by atoms with E-state index in [0.717, 1.165) is 10.8 Å².